The molecule has 0 aliphatic heterocycles. The fourth-order valence-electron chi connectivity index (χ4n) is 1.17. The third-order valence-corrected chi connectivity index (χ3v) is 1.89. The molecule has 0 aliphatic carbocycles. The van der Waals surface area contributed by atoms with Crippen molar-refractivity contribution >= 4 is 12.3 Å². The maximum absolute atomic E-state index is 9.84. The van der Waals surface area contributed by atoms with Gasteiger partial charge in [0.1, 0.15) is 0 Å². The van der Waals surface area contributed by atoms with Crippen molar-refractivity contribution in [2.24, 2.45) is 0 Å². The van der Waals surface area contributed by atoms with Gasteiger partial charge in [0.25, 0.3) is 12.3 Å². The Labute approximate surface area is 141 Å². The third kappa shape index (κ3) is 9.45. The monoisotopic (exact) mass is 476 g/mol. The molecule has 0 saturated carbocycles. The molecule has 0 saturated heterocycles. The quantitative estimate of drug-likeness (QED) is 0.363. The van der Waals surface area contributed by atoms with Crippen LogP contribution in [0.4, 0.5) is 9.59 Å². The fraction of sp³-hybridized carbons (Fsp3) is 0. The molecule has 21 heavy (non-hydrogen) atoms. The molecule has 0 amide bonds. The van der Waals surface area contributed by atoms with E-state index >= 15 is 0 Å². The van der Waals surface area contributed by atoms with Crippen LogP contribution >= 0.6 is 0 Å². The number of carbonyl (C=O) groups excluding carboxylic acids is 2. The first-order valence-corrected chi connectivity index (χ1v) is 5.45. The number of rotatable bonds is 2. The predicted molar refractivity (Wildman–Crippen MR) is 64.9 cm³/mol. The van der Waals surface area contributed by atoms with E-state index in [2.05, 4.69) is 9.47 Å². The van der Waals surface area contributed by atoms with Crippen LogP contribution in [0.15, 0.2) is 60.7 Å². The molecule has 7 heteroatoms. The Morgan fingerprint density at radius 1 is 0.667 bits per heavy atom. The number of carbonyl (C=O) groups is 2. The van der Waals surface area contributed by atoms with Crippen LogP contribution < -0.4 is 19.7 Å². The normalized spacial score (nSPS) is 8.38. The summed E-state index contributed by atoms with van der Waals surface area (Å²) < 4.78 is 8.44. The minimum Gasteiger partial charge on any atom is -0.514 e. The molecule has 0 spiro atoms. The maximum atomic E-state index is 9.84. The zero-order valence-corrected chi connectivity index (χ0v) is 16.4. The Kier molecular flexibility index (Phi) is 9.61. The van der Waals surface area contributed by atoms with Gasteiger partial charge in [0.15, 0.2) is 0 Å². The van der Waals surface area contributed by atoms with Crippen molar-refractivity contribution < 1.29 is 56.9 Å². The van der Waals surface area contributed by atoms with E-state index in [0.717, 1.165) is 0 Å². The minimum absolute atomic E-state index is 0. The molecule has 0 aromatic heterocycles. The van der Waals surface area contributed by atoms with Gasteiger partial charge in [0.2, 0.25) is 0 Å². The largest absolute Gasteiger partial charge is 2.00 e. The molecule has 2 rings (SSSR count). The number of para-hydroxylation sites is 2. The van der Waals surface area contributed by atoms with Crippen molar-refractivity contribution in [3.8, 4) is 11.5 Å². The molecule has 0 radical (unpaired) electrons. The first kappa shape index (κ1) is 18.9. The van der Waals surface area contributed by atoms with Crippen LogP contribution in [0.2, 0.25) is 0 Å². The van der Waals surface area contributed by atoms with Gasteiger partial charge in [0, 0.05) is 0 Å². The van der Waals surface area contributed by atoms with Crippen LogP contribution in [-0.4, -0.2) is 12.3 Å². The van der Waals surface area contributed by atoms with Crippen LogP contribution in [0, 0.1) is 0 Å². The molecule has 0 fully saturated rings. The summed E-state index contributed by atoms with van der Waals surface area (Å²) in [6, 6.07) is 16.4. The summed E-state index contributed by atoms with van der Waals surface area (Å²) in [5.74, 6) is 0.560. The fourth-order valence-corrected chi connectivity index (χ4v) is 1.17. The van der Waals surface area contributed by atoms with E-state index in [4.69, 9.17) is 0 Å². The summed E-state index contributed by atoms with van der Waals surface area (Å²) in [6.07, 6.45) is -3.07. The Morgan fingerprint density at radius 2 is 0.952 bits per heavy atom. The van der Waals surface area contributed by atoms with Gasteiger partial charge < -0.3 is 29.3 Å². The maximum Gasteiger partial charge on any atom is 2.00 e. The molecule has 0 bridgehead atoms. The number of hydrogen-bond acceptors (Lipinski definition) is 6. The number of hydrogen-bond donors (Lipinski definition) is 0. The van der Waals surface area contributed by atoms with E-state index < -0.39 is 12.3 Å². The van der Waals surface area contributed by atoms with Gasteiger partial charge in [-0.05, 0) is 24.3 Å². The van der Waals surface area contributed by atoms with Gasteiger partial charge in [-0.25, -0.2) is 0 Å². The van der Waals surface area contributed by atoms with Crippen LogP contribution in [0.1, 0.15) is 0 Å². The average molecular weight is 475 g/mol. The number of carboxylic acid groups (broad SMARTS) is 2. The van der Waals surface area contributed by atoms with E-state index in [0.29, 0.717) is 0 Å². The summed E-state index contributed by atoms with van der Waals surface area (Å²) in [6.45, 7) is 0. The van der Waals surface area contributed by atoms with Gasteiger partial charge in [-0.1, -0.05) is 36.4 Å². The second kappa shape index (κ2) is 10.7. The molecular formula is C14H10HgO6. The summed E-state index contributed by atoms with van der Waals surface area (Å²) >= 11 is 0. The Morgan fingerprint density at radius 3 is 1.19 bits per heavy atom. The van der Waals surface area contributed by atoms with Crippen molar-refractivity contribution in [3.05, 3.63) is 60.7 Å². The zero-order valence-electron chi connectivity index (χ0n) is 10.9. The molecule has 0 aliphatic rings. The van der Waals surface area contributed by atoms with Crippen LogP contribution in [-0.2, 0) is 27.7 Å². The van der Waals surface area contributed by atoms with Crippen LogP contribution in [0.25, 0.3) is 0 Å². The Balaban J connectivity index is 0.000000364. The molecule has 2 aromatic carbocycles. The summed E-state index contributed by atoms with van der Waals surface area (Å²) in [5.41, 5.74) is 0. The molecule has 2 aromatic rings. The van der Waals surface area contributed by atoms with Gasteiger partial charge in [-0.3, -0.25) is 0 Å². The molecule has 0 atom stereocenters. The van der Waals surface area contributed by atoms with Crippen molar-refractivity contribution in [1.29, 1.82) is 0 Å². The van der Waals surface area contributed by atoms with E-state index in [-0.39, 0.29) is 39.2 Å². The summed E-state index contributed by atoms with van der Waals surface area (Å²) in [7, 11) is 0. The van der Waals surface area contributed by atoms with Gasteiger partial charge in [0.05, 0.1) is 11.5 Å². The van der Waals surface area contributed by atoms with E-state index in [9.17, 15) is 19.8 Å². The van der Waals surface area contributed by atoms with Gasteiger partial charge in [-0.15, -0.1) is 0 Å². The molecule has 6 nitrogen and oxygen atoms in total. The molecule has 0 N–H and O–H groups in total. The SMILES string of the molecule is O=C([O-])Oc1ccccc1.O=C([O-])Oc1ccccc1.[Hg+2]. The molecule has 0 unspecified atom stereocenters. The molecule has 0 heterocycles. The Bertz CT molecular complexity index is 492. The second-order valence-corrected chi connectivity index (χ2v) is 3.33. The van der Waals surface area contributed by atoms with Crippen molar-refractivity contribution in [1.82, 2.24) is 0 Å². The summed E-state index contributed by atoms with van der Waals surface area (Å²) in [5, 5.41) is 19.7. The van der Waals surface area contributed by atoms with Crippen molar-refractivity contribution in [2.75, 3.05) is 0 Å². The minimum atomic E-state index is -1.54. The first-order valence-electron chi connectivity index (χ1n) is 5.45. The van der Waals surface area contributed by atoms with Crippen molar-refractivity contribution in [2.45, 2.75) is 0 Å². The van der Waals surface area contributed by atoms with Gasteiger partial charge >= 0.3 is 27.7 Å². The van der Waals surface area contributed by atoms with Crippen molar-refractivity contribution in [3.63, 3.8) is 0 Å². The Hall–Kier alpha value is -2.08. The topological polar surface area (TPSA) is 98.7 Å². The summed E-state index contributed by atoms with van der Waals surface area (Å²) in [4.78, 5) is 19.7. The van der Waals surface area contributed by atoms with E-state index in [1.165, 1.54) is 24.3 Å². The van der Waals surface area contributed by atoms with E-state index in [1.807, 2.05) is 0 Å². The standard InChI is InChI=1S/2C7H6O3.Hg/c2*8-7(9)10-6-4-2-1-3-5-6;/h2*1-5H,(H,8,9);/q;;+2/p-2. The average Bonchev–Trinajstić information content (AvgIpc) is 2.40. The predicted octanol–water partition coefficient (Wildman–Crippen LogP) is 0.815. The van der Waals surface area contributed by atoms with Gasteiger partial charge in [-0.2, -0.15) is 0 Å². The smallest absolute Gasteiger partial charge is 0.514 e. The zero-order chi connectivity index (χ0) is 14.8. The first-order chi connectivity index (χ1) is 9.58. The van der Waals surface area contributed by atoms with Crippen LogP contribution in [0.5, 0.6) is 11.5 Å². The number of ether oxygens (including phenoxy) is 2. The molecular weight excluding hydrogens is 465 g/mol. The molecule has 104 valence electrons. The second-order valence-electron chi connectivity index (χ2n) is 3.33. The van der Waals surface area contributed by atoms with Crippen LogP contribution in [0.3, 0.4) is 0 Å². The third-order valence-electron chi connectivity index (χ3n) is 1.89. The number of benzene rings is 2. The van der Waals surface area contributed by atoms with E-state index in [1.54, 1.807) is 36.4 Å².